The van der Waals surface area contributed by atoms with E-state index in [-0.39, 0.29) is 25.0 Å². The number of aliphatic carboxylic acids is 1. The Morgan fingerprint density at radius 3 is 2.42 bits per heavy atom. The van der Waals surface area contributed by atoms with E-state index in [1.54, 1.807) is 20.0 Å². The van der Waals surface area contributed by atoms with E-state index in [0.29, 0.717) is 60.9 Å². The van der Waals surface area contributed by atoms with Gasteiger partial charge in [-0.15, -0.1) is 0 Å². The number of nitrogens with one attached hydrogen (secondary N) is 2. The highest BCUT2D eigenvalue weighted by atomic mass is 16.5. The van der Waals surface area contributed by atoms with Crippen LogP contribution in [0.1, 0.15) is 46.0 Å². The van der Waals surface area contributed by atoms with Crippen molar-refractivity contribution in [1.29, 1.82) is 0 Å². The van der Waals surface area contributed by atoms with E-state index in [1.165, 1.54) is 0 Å². The predicted molar refractivity (Wildman–Crippen MR) is 118 cm³/mol. The minimum absolute atomic E-state index is 0.0320. The van der Waals surface area contributed by atoms with Crippen LogP contribution in [0.3, 0.4) is 0 Å². The van der Waals surface area contributed by atoms with Gasteiger partial charge in [0.2, 0.25) is 5.91 Å². The van der Waals surface area contributed by atoms with Gasteiger partial charge in [0.15, 0.2) is 0 Å². The number of hydrogen-bond acceptors (Lipinski definition) is 6. The molecule has 31 heavy (non-hydrogen) atoms. The van der Waals surface area contributed by atoms with Crippen molar-refractivity contribution in [3.8, 4) is 0 Å². The number of carboxylic acid groups (broad SMARTS) is 1. The van der Waals surface area contributed by atoms with Crippen LogP contribution >= 0.6 is 0 Å². The summed E-state index contributed by atoms with van der Waals surface area (Å²) in [5.74, 6) is -1.46. The molecule has 1 unspecified atom stereocenters. The summed E-state index contributed by atoms with van der Waals surface area (Å²) in [6.45, 7) is 8.84. The van der Waals surface area contributed by atoms with Gasteiger partial charge in [0.05, 0.1) is 46.1 Å². The molecule has 3 N–H and O–H groups in total. The molecule has 0 aromatic rings. The minimum Gasteiger partial charge on any atom is -0.481 e. The maximum absolute atomic E-state index is 12.2. The summed E-state index contributed by atoms with van der Waals surface area (Å²) >= 11 is 0. The highest BCUT2D eigenvalue weighted by Crippen LogP contribution is 2.16. The summed E-state index contributed by atoms with van der Waals surface area (Å²) in [5.41, 5.74) is 0.898. The van der Waals surface area contributed by atoms with Gasteiger partial charge in [-0.2, -0.15) is 0 Å². The Morgan fingerprint density at radius 2 is 1.84 bits per heavy atom. The molecule has 0 saturated heterocycles. The van der Waals surface area contributed by atoms with Crippen LogP contribution in [0.15, 0.2) is 23.9 Å². The molecule has 0 aromatic carbocycles. The first-order valence-corrected chi connectivity index (χ1v) is 10.5. The minimum atomic E-state index is -0.869. The lowest BCUT2D eigenvalue weighted by atomic mass is 10.0. The second-order valence-electron chi connectivity index (χ2n) is 8.15. The van der Waals surface area contributed by atoms with E-state index in [1.807, 2.05) is 14.1 Å². The van der Waals surface area contributed by atoms with Crippen molar-refractivity contribution >= 4 is 24.1 Å². The van der Waals surface area contributed by atoms with Crippen LogP contribution in [0.25, 0.3) is 0 Å². The molecule has 0 bridgehead atoms. The summed E-state index contributed by atoms with van der Waals surface area (Å²) in [6.07, 6.45) is 4.56. The third-order valence-electron chi connectivity index (χ3n) is 4.97. The number of nitrogens with zero attached hydrogens (tertiary/aromatic N) is 1. The summed E-state index contributed by atoms with van der Waals surface area (Å²) in [7, 11) is 3.95. The smallest absolute Gasteiger partial charge is 0.333 e. The van der Waals surface area contributed by atoms with E-state index in [4.69, 9.17) is 9.84 Å². The maximum Gasteiger partial charge on any atom is 0.333 e. The van der Waals surface area contributed by atoms with Crippen LogP contribution < -0.4 is 10.6 Å². The molecule has 0 aliphatic carbocycles. The summed E-state index contributed by atoms with van der Waals surface area (Å²) in [4.78, 5) is 45.2. The first kappa shape index (κ1) is 28.3. The molecular formula is C22H38N3O6+. The summed E-state index contributed by atoms with van der Waals surface area (Å²) < 4.78 is 5.50. The highest BCUT2D eigenvalue weighted by Gasteiger charge is 2.28. The van der Waals surface area contributed by atoms with Gasteiger partial charge >= 0.3 is 11.9 Å². The van der Waals surface area contributed by atoms with Gasteiger partial charge in [0.1, 0.15) is 6.29 Å². The lowest BCUT2D eigenvalue weighted by molar-refractivity contribution is -0.914. The first-order valence-electron chi connectivity index (χ1n) is 10.5. The Hall–Kier alpha value is -2.68. The number of rotatable bonds is 17. The average molecular weight is 441 g/mol. The topological polar surface area (TPSA) is 122 Å². The van der Waals surface area contributed by atoms with Crippen LogP contribution in [0.5, 0.6) is 0 Å². The number of hydrogen-bond donors (Lipinski definition) is 3. The van der Waals surface area contributed by atoms with Crippen LogP contribution in [-0.4, -0.2) is 80.1 Å². The highest BCUT2D eigenvalue weighted by molar-refractivity contribution is 5.92. The van der Waals surface area contributed by atoms with E-state index in [0.717, 1.165) is 6.29 Å². The Labute approximate surface area is 185 Å². The average Bonchev–Trinajstić information content (AvgIpc) is 2.69. The Morgan fingerprint density at radius 1 is 1.16 bits per heavy atom. The Bertz CT molecular complexity index is 658. The molecule has 0 aliphatic heterocycles. The van der Waals surface area contributed by atoms with Gasteiger partial charge < -0.3 is 29.8 Å². The standard InChI is InChI=1S/C22H37N3O6/c1-17(2)22(30)31-15-7-11-23-16-18(3)21(29)24-12-6-13-25(4,5)19(10-14-26)8-9-20(27)28/h14,16,19H,1,6-13,15H2,2-5H3,(H2-,23,24,27,28,29)/p+1. The zero-order valence-corrected chi connectivity index (χ0v) is 19.2. The fourth-order valence-corrected chi connectivity index (χ4v) is 2.92. The fourth-order valence-electron chi connectivity index (χ4n) is 2.92. The molecule has 0 spiro atoms. The molecule has 176 valence electrons. The van der Waals surface area contributed by atoms with Gasteiger partial charge in [0, 0.05) is 43.3 Å². The molecule has 0 radical (unpaired) electrons. The lowest BCUT2D eigenvalue weighted by Gasteiger charge is -2.37. The number of carboxylic acids is 1. The molecule has 0 aliphatic rings. The number of ether oxygens (including phenoxy) is 1. The molecule has 0 saturated carbocycles. The predicted octanol–water partition coefficient (Wildman–Crippen LogP) is 1.39. The third-order valence-corrected chi connectivity index (χ3v) is 4.97. The monoisotopic (exact) mass is 440 g/mol. The second-order valence-corrected chi connectivity index (χ2v) is 8.15. The van der Waals surface area contributed by atoms with Crippen molar-refractivity contribution < 1.29 is 33.5 Å². The number of carbonyl (C=O) groups excluding carboxylic acids is 3. The number of aldehydes is 1. The number of esters is 1. The molecule has 0 aromatic heterocycles. The van der Waals surface area contributed by atoms with Crippen molar-refractivity contribution in [3.63, 3.8) is 0 Å². The van der Waals surface area contributed by atoms with E-state index in [9.17, 15) is 19.2 Å². The summed E-state index contributed by atoms with van der Waals surface area (Å²) in [5, 5.41) is 14.8. The zero-order valence-electron chi connectivity index (χ0n) is 19.2. The third kappa shape index (κ3) is 13.3. The second kappa shape index (κ2) is 15.2. The van der Waals surface area contributed by atoms with Crippen LogP contribution in [0, 0.1) is 0 Å². The zero-order chi connectivity index (χ0) is 23.9. The molecule has 0 rings (SSSR count). The van der Waals surface area contributed by atoms with Crippen LogP contribution in [-0.2, 0) is 23.9 Å². The molecule has 0 heterocycles. The van der Waals surface area contributed by atoms with E-state index in [2.05, 4.69) is 17.2 Å². The Balaban J connectivity index is 4.22. The molecule has 1 atom stereocenters. The number of quaternary nitrogens is 1. The van der Waals surface area contributed by atoms with Gasteiger partial charge in [-0.1, -0.05) is 6.58 Å². The lowest BCUT2D eigenvalue weighted by Crippen LogP contribution is -2.50. The van der Waals surface area contributed by atoms with Crippen LogP contribution in [0.2, 0.25) is 0 Å². The first-order chi connectivity index (χ1) is 14.5. The summed E-state index contributed by atoms with van der Waals surface area (Å²) in [6, 6.07) is -0.0650. The van der Waals surface area contributed by atoms with Gasteiger partial charge in [-0.25, -0.2) is 4.79 Å². The molecule has 1 amide bonds. The van der Waals surface area contributed by atoms with E-state index >= 15 is 0 Å². The normalized spacial score (nSPS) is 12.6. The Kier molecular flexibility index (Phi) is 13.9. The molecule has 9 heteroatoms. The van der Waals surface area contributed by atoms with Gasteiger partial charge in [-0.05, 0) is 20.3 Å². The molecular weight excluding hydrogens is 402 g/mol. The van der Waals surface area contributed by atoms with Crippen molar-refractivity contribution in [1.82, 2.24) is 10.6 Å². The fraction of sp³-hybridized carbons (Fsp3) is 0.636. The number of carbonyl (C=O) groups is 4. The van der Waals surface area contributed by atoms with E-state index < -0.39 is 11.9 Å². The van der Waals surface area contributed by atoms with Gasteiger partial charge in [-0.3, -0.25) is 9.59 Å². The van der Waals surface area contributed by atoms with Crippen molar-refractivity contribution in [3.05, 3.63) is 23.9 Å². The number of amides is 1. The molecule has 9 nitrogen and oxygen atoms in total. The maximum atomic E-state index is 12.2. The largest absolute Gasteiger partial charge is 0.481 e. The quantitative estimate of drug-likeness (QED) is 0.103. The SMILES string of the molecule is C=C(C)C(=O)OCCCNC=C(C)C(=O)NCCC[N+](C)(C)C(CC=O)CCC(=O)O. The van der Waals surface area contributed by atoms with Gasteiger partial charge in [0.25, 0.3) is 0 Å². The molecule has 0 fully saturated rings. The van der Waals surface area contributed by atoms with Crippen LogP contribution in [0.4, 0.5) is 0 Å². The van der Waals surface area contributed by atoms with Crippen molar-refractivity contribution in [2.24, 2.45) is 0 Å². The van der Waals surface area contributed by atoms with Crippen molar-refractivity contribution in [2.45, 2.75) is 52.0 Å². The van der Waals surface area contributed by atoms with Crippen molar-refractivity contribution in [2.75, 3.05) is 40.3 Å².